The van der Waals surface area contributed by atoms with Crippen LogP contribution in [0.3, 0.4) is 0 Å². The molecule has 0 unspecified atom stereocenters. The topological polar surface area (TPSA) is 52.6 Å². The summed E-state index contributed by atoms with van der Waals surface area (Å²) < 4.78 is 11.3. The highest BCUT2D eigenvalue weighted by atomic mass is 16.5. The molecule has 0 amide bonds. The second-order valence-electron chi connectivity index (χ2n) is 5.58. The highest BCUT2D eigenvalue weighted by Crippen LogP contribution is 2.17. The lowest BCUT2D eigenvalue weighted by Gasteiger charge is -2.22. The van der Waals surface area contributed by atoms with E-state index < -0.39 is 12.2 Å². The Balaban J connectivity index is 2.18. The van der Waals surface area contributed by atoms with E-state index in [-0.39, 0.29) is 18.0 Å². The SMILES string of the molecule is CCO[C@@H](C[C@H](OCC)C(=O)c1ccccc1)C(=O)c1ccccc1. The second-order valence-corrected chi connectivity index (χ2v) is 5.58. The molecular weight excluding hydrogens is 316 g/mol. The van der Waals surface area contributed by atoms with Gasteiger partial charge in [0.05, 0.1) is 0 Å². The van der Waals surface area contributed by atoms with Crippen LogP contribution >= 0.6 is 0 Å². The fourth-order valence-corrected chi connectivity index (χ4v) is 2.67. The maximum Gasteiger partial charge on any atom is 0.191 e. The van der Waals surface area contributed by atoms with Gasteiger partial charge in [-0.05, 0) is 13.8 Å². The number of hydrogen-bond donors (Lipinski definition) is 0. The molecule has 0 saturated carbocycles. The summed E-state index contributed by atoms with van der Waals surface area (Å²) >= 11 is 0. The number of carbonyl (C=O) groups excluding carboxylic acids is 2. The maximum absolute atomic E-state index is 12.7. The first-order valence-electron chi connectivity index (χ1n) is 8.59. The third kappa shape index (κ3) is 5.34. The van der Waals surface area contributed by atoms with E-state index in [1.165, 1.54) is 0 Å². The summed E-state index contributed by atoms with van der Waals surface area (Å²) in [6.07, 6.45) is -1.23. The highest BCUT2D eigenvalue weighted by molar-refractivity contribution is 6.02. The van der Waals surface area contributed by atoms with Gasteiger partial charge in [-0.2, -0.15) is 0 Å². The lowest BCUT2D eigenvalue weighted by molar-refractivity contribution is 0.00133. The van der Waals surface area contributed by atoms with E-state index in [4.69, 9.17) is 9.47 Å². The van der Waals surface area contributed by atoms with Gasteiger partial charge >= 0.3 is 0 Å². The quantitative estimate of drug-likeness (QED) is 0.615. The number of ether oxygens (including phenoxy) is 2. The first-order chi connectivity index (χ1) is 12.2. The van der Waals surface area contributed by atoms with Gasteiger partial charge < -0.3 is 9.47 Å². The molecule has 0 radical (unpaired) electrons. The second kappa shape index (κ2) is 9.87. The molecule has 0 fully saturated rings. The van der Waals surface area contributed by atoms with Crippen molar-refractivity contribution < 1.29 is 19.1 Å². The van der Waals surface area contributed by atoms with Crippen LogP contribution in [0.4, 0.5) is 0 Å². The molecule has 0 aliphatic heterocycles. The van der Waals surface area contributed by atoms with Crippen molar-refractivity contribution in [1.82, 2.24) is 0 Å². The Bertz CT molecular complexity index is 607. The zero-order valence-electron chi connectivity index (χ0n) is 14.7. The molecular formula is C21H24O4. The normalized spacial score (nSPS) is 13.2. The molecule has 2 rings (SSSR count). The van der Waals surface area contributed by atoms with Crippen molar-refractivity contribution in [2.75, 3.05) is 13.2 Å². The molecule has 25 heavy (non-hydrogen) atoms. The first kappa shape index (κ1) is 19.0. The van der Waals surface area contributed by atoms with Gasteiger partial charge in [0.15, 0.2) is 11.6 Å². The Morgan fingerprint density at radius 3 is 1.40 bits per heavy atom. The van der Waals surface area contributed by atoms with Gasteiger partial charge in [-0.15, -0.1) is 0 Å². The molecule has 2 aromatic rings. The number of Topliss-reactive ketones (excluding diaryl/α,β-unsaturated/α-hetero) is 2. The van der Waals surface area contributed by atoms with Gasteiger partial charge in [0.25, 0.3) is 0 Å². The molecule has 0 heterocycles. The Morgan fingerprint density at radius 2 is 1.08 bits per heavy atom. The molecule has 2 atom stereocenters. The van der Waals surface area contributed by atoms with E-state index in [1.807, 2.05) is 50.2 Å². The fourth-order valence-electron chi connectivity index (χ4n) is 2.67. The maximum atomic E-state index is 12.7. The number of rotatable bonds is 10. The third-order valence-electron chi connectivity index (χ3n) is 3.87. The summed E-state index contributed by atoms with van der Waals surface area (Å²) in [6.45, 7) is 4.45. The van der Waals surface area contributed by atoms with Crippen LogP contribution in [-0.2, 0) is 9.47 Å². The molecule has 4 heteroatoms. The highest BCUT2D eigenvalue weighted by Gasteiger charge is 2.29. The molecule has 0 spiro atoms. The van der Waals surface area contributed by atoms with Crippen LogP contribution < -0.4 is 0 Å². The molecule has 132 valence electrons. The summed E-state index contributed by atoms with van der Waals surface area (Å²) in [5.74, 6) is -0.263. The van der Waals surface area contributed by atoms with E-state index in [0.717, 1.165) is 0 Å². The largest absolute Gasteiger partial charge is 0.370 e. The standard InChI is InChI=1S/C21H24O4/c1-3-24-18(20(22)16-11-7-5-8-12-16)15-19(25-4-2)21(23)17-13-9-6-10-14-17/h5-14,18-19H,3-4,15H2,1-2H3/t18-,19-/m0/s1. The van der Waals surface area contributed by atoms with Crippen LogP contribution in [0.15, 0.2) is 60.7 Å². The number of carbonyl (C=O) groups is 2. The molecule has 0 N–H and O–H groups in total. The van der Waals surface area contributed by atoms with E-state index in [1.54, 1.807) is 24.3 Å². The number of hydrogen-bond acceptors (Lipinski definition) is 4. The molecule has 0 saturated heterocycles. The monoisotopic (exact) mass is 340 g/mol. The average Bonchev–Trinajstić information content (AvgIpc) is 2.67. The first-order valence-corrected chi connectivity index (χ1v) is 8.59. The van der Waals surface area contributed by atoms with E-state index in [2.05, 4.69) is 0 Å². The Labute approximate surface area is 148 Å². The van der Waals surface area contributed by atoms with Crippen LogP contribution in [0.5, 0.6) is 0 Å². The van der Waals surface area contributed by atoms with E-state index >= 15 is 0 Å². The van der Waals surface area contributed by atoms with Crippen LogP contribution in [-0.4, -0.2) is 37.0 Å². The zero-order valence-corrected chi connectivity index (χ0v) is 14.7. The van der Waals surface area contributed by atoms with Crippen molar-refractivity contribution in [1.29, 1.82) is 0 Å². The van der Waals surface area contributed by atoms with E-state index in [0.29, 0.717) is 24.3 Å². The predicted molar refractivity (Wildman–Crippen MR) is 97.0 cm³/mol. The summed E-state index contributed by atoms with van der Waals surface area (Å²) in [5, 5.41) is 0. The number of benzene rings is 2. The molecule has 0 aromatic heterocycles. The van der Waals surface area contributed by atoms with Gasteiger partial charge in [0, 0.05) is 30.8 Å². The van der Waals surface area contributed by atoms with Gasteiger partial charge in [-0.1, -0.05) is 60.7 Å². The van der Waals surface area contributed by atoms with Crippen molar-refractivity contribution in [2.24, 2.45) is 0 Å². The van der Waals surface area contributed by atoms with Crippen molar-refractivity contribution in [3.63, 3.8) is 0 Å². The van der Waals surface area contributed by atoms with Gasteiger partial charge in [-0.25, -0.2) is 0 Å². The molecule has 2 aromatic carbocycles. The Kier molecular flexibility index (Phi) is 7.51. The predicted octanol–water partition coefficient (Wildman–Crippen LogP) is 3.95. The van der Waals surface area contributed by atoms with Crippen molar-refractivity contribution in [3.8, 4) is 0 Å². The van der Waals surface area contributed by atoms with Crippen LogP contribution in [0.1, 0.15) is 41.0 Å². The molecule has 0 aliphatic rings. The van der Waals surface area contributed by atoms with Crippen LogP contribution in [0.25, 0.3) is 0 Å². The van der Waals surface area contributed by atoms with Gasteiger partial charge in [0.2, 0.25) is 0 Å². The minimum atomic E-state index is -0.711. The minimum Gasteiger partial charge on any atom is -0.370 e. The lowest BCUT2D eigenvalue weighted by Crippen LogP contribution is -2.35. The molecule has 0 aliphatic carbocycles. The summed E-state index contributed by atoms with van der Waals surface area (Å²) in [6, 6.07) is 18.0. The molecule has 4 nitrogen and oxygen atoms in total. The Hall–Kier alpha value is -2.30. The van der Waals surface area contributed by atoms with Gasteiger partial charge in [0.1, 0.15) is 12.2 Å². The van der Waals surface area contributed by atoms with Crippen molar-refractivity contribution >= 4 is 11.6 Å². The Morgan fingerprint density at radius 1 is 0.720 bits per heavy atom. The van der Waals surface area contributed by atoms with Crippen molar-refractivity contribution in [2.45, 2.75) is 32.5 Å². The van der Waals surface area contributed by atoms with Crippen LogP contribution in [0, 0.1) is 0 Å². The summed E-state index contributed by atoms with van der Waals surface area (Å²) in [5.41, 5.74) is 1.15. The zero-order chi connectivity index (χ0) is 18.1. The number of ketones is 2. The fraction of sp³-hybridized carbons (Fsp3) is 0.333. The van der Waals surface area contributed by atoms with E-state index in [9.17, 15) is 9.59 Å². The third-order valence-corrected chi connectivity index (χ3v) is 3.87. The van der Waals surface area contributed by atoms with Crippen LogP contribution in [0.2, 0.25) is 0 Å². The average molecular weight is 340 g/mol. The summed E-state index contributed by atoms with van der Waals surface area (Å²) in [7, 11) is 0. The molecule has 0 bridgehead atoms. The smallest absolute Gasteiger partial charge is 0.191 e. The van der Waals surface area contributed by atoms with Gasteiger partial charge in [-0.3, -0.25) is 9.59 Å². The minimum absolute atomic E-state index is 0.131. The lowest BCUT2D eigenvalue weighted by atomic mass is 9.96. The summed E-state index contributed by atoms with van der Waals surface area (Å²) in [4.78, 5) is 25.5. The van der Waals surface area contributed by atoms with Crippen molar-refractivity contribution in [3.05, 3.63) is 71.8 Å².